The molecule has 0 spiro atoms. The van der Waals surface area contributed by atoms with E-state index in [1.54, 1.807) is 19.9 Å². The van der Waals surface area contributed by atoms with Crippen LogP contribution in [0.3, 0.4) is 0 Å². The molecule has 2 N–H and O–H groups in total. The largest absolute Gasteiger partial charge is 0.466 e. The number of carbonyl (C=O) groups is 2. The molecule has 0 saturated heterocycles. The number of hydrazine groups is 1. The van der Waals surface area contributed by atoms with Gasteiger partial charge < -0.3 is 4.42 Å². The lowest BCUT2D eigenvalue weighted by Crippen LogP contribution is -2.41. The molecule has 0 saturated carbocycles. The van der Waals surface area contributed by atoms with Gasteiger partial charge in [0.15, 0.2) is 0 Å². The zero-order valence-corrected chi connectivity index (χ0v) is 12.9. The Morgan fingerprint density at radius 3 is 2.15 bits per heavy atom. The smallest absolute Gasteiger partial charge is 0.273 e. The molecule has 2 aromatic heterocycles. The van der Waals surface area contributed by atoms with Gasteiger partial charge in [0.25, 0.3) is 11.8 Å². The molecule has 0 fully saturated rings. The molecule has 0 aliphatic rings. The quantitative estimate of drug-likeness (QED) is 0.828. The van der Waals surface area contributed by atoms with Crippen molar-refractivity contribution in [2.24, 2.45) is 0 Å². The van der Waals surface area contributed by atoms with Gasteiger partial charge in [0, 0.05) is 0 Å². The predicted molar refractivity (Wildman–Crippen MR) is 77.5 cm³/mol. The van der Waals surface area contributed by atoms with Crippen molar-refractivity contribution in [2.75, 3.05) is 0 Å². The summed E-state index contributed by atoms with van der Waals surface area (Å²) >= 11 is 12.7. The Balaban J connectivity index is 2.02. The maximum Gasteiger partial charge on any atom is 0.273 e. The summed E-state index contributed by atoms with van der Waals surface area (Å²) < 4.78 is 5.90. The molecule has 2 rings (SSSR count). The SMILES string of the molecule is Cc1cc(C(=O)NNC(=O)c2cc(Cl)sc2Cl)c(C)o1. The number of hydrogen-bond donors (Lipinski definition) is 2. The number of carbonyl (C=O) groups excluding carboxylic acids is 2. The fourth-order valence-electron chi connectivity index (χ4n) is 1.60. The lowest BCUT2D eigenvalue weighted by atomic mass is 10.2. The van der Waals surface area contributed by atoms with Crippen LogP contribution in [-0.4, -0.2) is 11.8 Å². The van der Waals surface area contributed by atoms with Crippen LogP contribution < -0.4 is 10.9 Å². The predicted octanol–water partition coefficient (Wildman–Crippen LogP) is 3.34. The minimum Gasteiger partial charge on any atom is -0.466 e. The van der Waals surface area contributed by atoms with Gasteiger partial charge in [-0.2, -0.15) is 0 Å². The minimum atomic E-state index is -0.538. The number of aryl methyl sites for hydroxylation is 2. The summed E-state index contributed by atoms with van der Waals surface area (Å²) in [5, 5.41) is 0. The van der Waals surface area contributed by atoms with Crippen LogP contribution in [0.1, 0.15) is 32.2 Å². The second-order valence-electron chi connectivity index (χ2n) is 3.97. The van der Waals surface area contributed by atoms with E-state index in [1.807, 2.05) is 0 Å². The molecule has 0 aromatic carbocycles. The summed E-state index contributed by atoms with van der Waals surface area (Å²) in [5.74, 6) is 0.0898. The molecule has 0 bridgehead atoms. The highest BCUT2D eigenvalue weighted by atomic mass is 35.5. The molecule has 2 heterocycles. The topological polar surface area (TPSA) is 71.3 Å². The lowest BCUT2D eigenvalue weighted by Gasteiger charge is -2.05. The van der Waals surface area contributed by atoms with Gasteiger partial charge in [0.2, 0.25) is 0 Å². The summed E-state index contributed by atoms with van der Waals surface area (Å²) in [5.41, 5.74) is 5.13. The normalized spacial score (nSPS) is 10.4. The first kappa shape index (κ1) is 14.9. The molecule has 8 heteroatoms. The summed E-state index contributed by atoms with van der Waals surface area (Å²) in [7, 11) is 0. The summed E-state index contributed by atoms with van der Waals surface area (Å²) in [4.78, 5) is 23.7. The van der Waals surface area contributed by atoms with Crippen molar-refractivity contribution in [3.63, 3.8) is 0 Å². The monoisotopic (exact) mass is 332 g/mol. The van der Waals surface area contributed by atoms with E-state index in [4.69, 9.17) is 27.6 Å². The highest BCUT2D eigenvalue weighted by Crippen LogP contribution is 2.30. The van der Waals surface area contributed by atoms with Crippen LogP contribution in [0.2, 0.25) is 8.67 Å². The van der Waals surface area contributed by atoms with Gasteiger partial charge in [-0.15, -0.1) is 11.3 Å². The first-order valence-corrected chi connectivity index (χ1v) is 7.08. The van der Waals surface area contributed by atoms with E-state index in [0.29, 0.717) is 21.4 Å². The molecule has 2 aromatic rings. The number of amides is 2. The number of halogens is 2. The number of nitrogens with one attached hydrogen (secondary N) is 2. The van der Waals surface area contributed by atoms with Crippen LogP contribution in [0.15, 0.2) is 16.5 Å². The third-order valence-electron chi connectivity index (χ3n) is 2.48. The average molecular weight is 333 g/mol. The number of rotatable bonds is 2. The van der Waals surface area contributed by atoms with Crippen molar-refractivity contribution in [1.82, 2.24) is 10.9 Å². The molecular formula is C12H10Cl2N2O3S. The molecule has 0 aliphatic carbocycles. The van der Waals surface area contributed by atoms with Crippen molar-refractivity contribution < 1.29 is 14.0 Å². The molecule has 5 nitrogen and oxygen atoms in total. The summed E-state index contributed by atoms with van der Waals surface area (Å²) in [6, 6.07) is 3.02. The lowest BCUT2D eigenvalue weighted by molar-refractivity contribution is 0.0846. The molecule has 0 aliphatic heterocycles. The van der Waals surface area contributed by atoms with Gasteiger partial charge in [0.05, 0.1) is 15.5 Å². The first-order chi connectivity index (χ1) is 9.38. The Morgan fingerprint density at radius 2 is 1.70 bits per heavy atom. The fourth-order valence-corrected chi connectivity index (χ4v) is 3.06. The Bertz CT molecular complexity index is 620. The van der Waals surface area contributed by atoms with E-state index >= 15 is 0 Å². The Labute approximate surface area is 128 Å². The van der Waals surface area contributed by atoms with Crippen molar-refractivity contribution in [3.8, 4) is 0 Å². The van der Waals surface area contributed by atoms with E-state index in [2.05, 4.69) is 10.9 Å². The Morgan fingerprint density at radius 1 is 1.10 bits per heavy atom. The molecule has 0 unspecified atom stereocenters. The molecule has 106 valence electrons. The second kappa shape index (κ2) is 5.87. The average Bonchev–Trinajstić information content (AvgIpc) is 2.88. The fraction of sp³-hybridized carbons (Fsp3) is 0.167. The molecule has 0 radical (unpaired) electrons. The van der Waals surface area contributed by atoms with Crippen LogP contribution in [0.25, 0.3) is 0 Å². The van der Waals surface area contributed by atoms with E-state index in [9.17, 15) is 9.59 Å². The van der Waals surface area contributed by atoms with E-state index in [0.717, 1.165) is 11.3 Å². The highest BCUT2D eigenvalue weighted by molar-refractivity contribution is 7.20. The first-order valence-electron chi connectivity index (χ1n) is 5.51. The molecular weight excluding hydrogens is 323 g/mol. The number of hydrogen-bond acceptors (Lipinski definition) is 4. The Hall–Kier alpha value is -1.50. The van der Waals surface area contributed by atoms with Crippen LogP contribution in [0.5, 0.6) is 0 Å². The number of thiophene rings is 1. The van der Waals surface area contributed by atoms with E-state index < -0.39 is 11.8 Å². The van der Waals surface area contributed by atoms with Crippen LogP contribution in [-0.2, 0) is 0 Å². The van der Waals surface area contributed by atoms with Crippen LogP contribution in [0, 0.1) is 13.8 Å². The molecule has 0 atom stereocenters. The van der Waals surface area contributed by atoms with Crippen LogP contribution in [0.4, 0.5) is 0 Å². The zero-order valence-electron chi connectivity index (χ0n) is 10.5. The van der Waals surface area contributed by atoms with Gasteiger partial charge in [-0.05, 0) is 26.0 Å². The summed E-state index contributed by atoms with van der Waals surface area (Å²) in [6.45, 7) is 3.40. The highest BCUT2D eigenvalue weighted by Gasteiger charge is 2.17. The third kappa shape index (κ3) is 3.15. The van der Waals surface area contributed by atoms with Gasteiger partial charge in [0.1, 0.15) is 15.9 Å². The summed E-state index contributed by atoms with van der Waals surface area (Å²) in [6.07, 6.45) is 0. The van der Waals surface area contributed by atoms with Gasteiger partial charge >= 0.3 is 0 Å². The minimum absolute atomic E-state index is 0.210. The second-order valence-corrected chi connectivity index (χ2v) is 6.26. The van der Waals surface area contributed by atoms with E-state index in [1.165, 1.54) is 6.07 Å². The zero-order chi connectivity index (χ0) is 14.9. The van der Waals surface area contributed by atoms with Gasteiger partial charge in [-0.25, -0.2) is 0 Å². The van der Waals surface area contributed by atoms with Crippen molar-refractivity contribution in [2.45, 2.75) is 13.8 Å². The standard InChI is InChI=1S/C12H10Cl2N2O3S/c1-5-3-7(6(2)19-5)11(17)15-16-12(18)8-4-9(13)20-10(8)14/h3-4H,1-2H3,(H,15,17)(H,16,18). The maximum atomic E-state index is 11.9. The maximum absolute atomic E-state index is 11.9. The number of furan rings is 1. The van der Waals surface area contributed by atoms with Crippen molar-refractivity contribution in [1.29, 1.82) is 0 Å². The third-order valence-corrected chi connectivity index (χ3v) is 3.96. The van der Waals surface area contributed by atoms with Crippen molar-refractivity contribution in [3.05, 3.63) is 43.5 Å². The Kier molecular flexibility index (Phi) is 4.37. The van der Waals surface area contributed by atoms with E-state index in [-0.39, 0.29) is 9.90 Å². The molecule has 20 heavy (non-hydrogen) atoms. The van der Waals surface area contributed by atoms with Crippen molar-refractivity contribution >= 4 is 46.4 Å². The van der Waals surface area contributed by atoms with Gasteiger partial charge in [-0.1, -0.05) is 23.2 Å². The van der Waals surface area contributed by atoms with Gasteiger partial charge in [-0.3, -0.25) is 20.4 Å². The van der Waals surface area contributed by atoms with Crippen LogP contribution >= 0.6 is 34.5 Å². The molecule has 2 amide bonds.